The Morgan fingerprint density at radius 2 is 2.21 bits per heavy atom. The van der Waals surface area contributed by atoms with Gasteiger partial charge in [0.25, 0.3) is 6.43 Å². The first kappa shape index (κ1) is 10.6. The van der Waals surface area contributed by atoms with Gasteiger partial charge >= 0.3 is 5.97 Å². The third-order valence-electron chi connectivity index (χ3n) is 1.60. The summed E-state index contributed by atoms with van der Waals surface area (Å²) in [5, 5.41) is 8.46. The molecule has 0 atom stereocenters. The van der Waals surface area contributed by atoms with Crippen LogP contribution in [0.3, 0.4) is 0 Å². The van der Waals surface area contributed by atoms with Crippen molar-refractivity contribution in [1.82, 2.24) is 4.98 Å². The summed E-state index contributed by atoms with van der Waals surface area (Å²) in [4.78, 5) is 13.9. The Morgan fingerprint density at radius 3 is 2.71 bits per heavy atom. The molecule has 0 aliphatic rings. The van der Waals surface area contributed by atoms with Gasteiger partial charge in [0, 0.05) is 0 Å². The van der Waals surface area contributed by atoms with Crippen molar-refractivity contribution < 1.29 is 18.7 Å². The highest BCUT2D eigenvalue weighted by molar-refractivity contribution is 5.69. The zero-order valence-electron chi connectivity index (χ0n) is 7.50. The molecule has 0 amide bonds. The number of carboxylic acids is 1. The Balaban J connectivity index is 3.01. The van der Waals surface area contributed by atoms with Crippen molar-refractivity contribution in [3.8, 4) is 0 Å². The van der Waals surface area contributed by atoms with Crippen LogP contribution >= 0.6 is 0 Å². The van der Waals surface area contributed by atoms with E-state index in [-0.39, 0.29) is 17.8 Å². The first-order valence-electron chi connectivity index (χ1n) is 3.96. The fourth-order valence-electron chi connectivity index (χ4n) is 1.13. The molecule has 0 aromatic carbocycles. The van der Waals surface area contributed by atoms with Crippen molar-refractivity contribution >= 4 is 5.97 Å². The largest absolute Gasteiger partial charge is 0.481 e. The molecule has 1 aromatic rings. The van der Waals surface area contributed by atoms with Crippen LogP contribution in [0.25, 0.3) is 0 Å². The number of halogens is 2. The van der Waals surface area contributed by atoms with Crippen LogP contribution in [0.1, 0.15) is 23.4 Å². The summed E-state index contributed by atoms with van der Waals surface area (Å²) in [6.07, 6.45) is -3.00. The Kier molecular flexibility index (Phi) is 3.11. The number of nitrogens with zero attached hydrogens (tertiary/aromatic N) is 1. The van der Waals surface area contributed by atoms with Crippen molar-refractivity contribution in [2.45, 2.75) is 19.8 Å². The van der Waals surface area contributed by atoms with Crippen molar-refractivity contribution in [2.75, 3.05) is 0 Å². The molecule has 0 fully saturated rings. The van der Waals surface area contributed by atoms with Gasteiger partial charge in [-0.1, -0.05) is 0 Å². The fourth-order valence-corrected chi connectivity index (χ4v) is 1.13. The molecular weight excluding hydrogens is 192 g/mol. The van der Waals surface area contributed by atoms with Gasteiger partial charge in [0.05, 0.1) is 12.1 Å². The minimum Gasteiger partial charge on any atom is -0.481 e. The number of carbonyl (C=O) groups is 1. The zero-order chi connectivity index (χ0) is 10.7. The first-order chi connectivity index (χ1) is 6.49. The second-order valence-corrected chi connectivity index (χ2v) is 2.93. The van der Waals surface area contributed by atoms with E-state index in [0.717, 1.165) is 0 Å². The maximum atomic E-state index is 12.3. The molecule has 0 saturated heterocycles. The highest BCUT2D eigenvalue weighted by Crippen LogP contribution is 2.18. The zero-order valence-corrected chi connectivity index (χ0v) is 7.50. The lowest BCUT2D eigenvalue weighted by atomic mass is 10.2. The molecule has 0 aliphatic heterocycles. The van der Waals surface area contributed by atoms with E-state index in [4.69, 9.17) is 5.11 Å². The summed E-state index contributed by atoms with van der Waals surface area (Å²) in [5.74, 6) is -1.08. The van der Waals surface area contributed by atoms with E-state index in [1.165, 1.54) is 12.1 Å². The highest BCUT2D eigenvalue weighted by Gasteiger charge is 2.11. The van der Waals surface area contributed by atoms with Crippen LogP contribution < -0.4 is 0 Å². The summed E-state index contributed by atoms with van der Waals surface area (Å²) in [6, 6.07) is 2.73. The van der Waals surface area contributed by atoms with Crippen LogP contribution in [-0.4, -0.2) is 16.1 Å². The topological polar surface area (TPSA) is 50.2 Å². The maximum absolute atomic E-state index is 12.3. The minimum atomic E-state index is -2.66. The van der Waals surface area contributed by atoms with Gasteiger partial charge in [-0.15, -0.1) is 0 Å². The van der Waals surface area contributed by atoms with Gasteiger partial charge in [0.2, 0.25) is 0 Å². The van der Waals surface area contributed by atoms with E-state index < -0.39 is 12.4 Å². The van der Waals surface area contributed by atoms with E-state index in [1.54, 1.807) is 6.92 Å². The molecule has 5 heteroatoms. The molecule has 0 bridgehead atoms. The van der Waals surface area contributed by atoms with Crippen LogP contribution in [0.15, 0.2) is 12.1 Å². The summed E-state index contributed by atoms with van der Waals surface area (Å²) >= 11 is 0. The van der Waals surface area contributed by atoms with Gasteiger partial charge in [0.1, 0.15) is 5.69 Å². The Hall–Kier alpha value is -1.52. The number of alkyl halides is 2. The third-order valence-corrected chi connectivity index (χ3v) is 1.60. The molecule has 1 aromatic heterocycles. The van der Waals surface area contributed by atoms with Crippen LogP contribution in [0.4, 0.5) is 8.78 Å². The Bertz CT molecular complexity index is 353. The summed E-state index contributed by atoms with van der Waals surface area (Å²) in [7, 11) is 0. The number of carboxylic acid groups (broad SMARTS) is 1. The quantitative estimate of drug-likeness (QED) is 0.813. The standard InChI is InChI=1S/C9H9F2NO2/c1-5-2-6(4-8(13)14)12-7(3-5)9(10)11/h2-3,9H,4H2,1H3,(H,13,14). The van der Waals surface area contributed by atoms with Gasteiger partial charge < -0.3 is 5.11 Å². The number of aliphatic carboxylic acids is 1. The average molecular weight is 201 g/mol. The van der Waals surface area contributed by atoms with E-state index >= 15 is 0 Å². The number of pyridine rings is 1. The molecule has 14 heavy (non-hydrogen) atoms. The number of aryl methyl sites for hydroxylation is 1. The van der Waals surface area contributed by atoms with Crippen molar-refractivity contribution in [3.05, 3.63) is 29.1 Å². The normalized spacial score (nSPS) is 10.6. The van der Waals surface area contributed by atoms with E-state index in [0.29, 0.717) is 5.56 Å². The fraction of sp³-hybridized carbons (Fsp3) is 0.333. The molecule has 0 saturated carbocycles. The molecule has 3 nitrogen and oxygen atoms in total. The number of hydrogen-bond acceptors (Lipinski definition) is 2. The molecule has 1 heterocycles. The SMILES string of the molecule is Cc1cc(CC(=O)O)nc(C(F)F)c1. The van der Waals surface area contributed by atoms with Crippen molar-refractivity contribution in [1.29, 1.82) is 0 Å². The first-order valence-corrected chi connectivity index (χ1v) is 3.96. The second-order valence-electron chi connectivity index (χ2n) is 2.93. The molecule has 76 valence electrons. The van der Waals surface area contributed by atoms with Crippen LogP contribution in [0, 0.1) is 6.92 Å². The highest BCUT2D eigenvalue weighted by atomic mass is 19.3. The smallest absolute Gasteiger partial charge is 0.309 e. The molecule has 0 radical (unpaired) electrons. The number of rotatable bonds is 3. The summed E-state index contributed by atoms with van der Waals surface area (Å²) < 4.78 is 24.5. The van der Waals surface area contributed by atoms with E-state index in [9.17, 15) is 13.6 Å². The average Bonchev–Trinajstić information content (AvgIpc) is 2.01. The Morgan fingerprint density at radius 1 is 1.57 bits per heavy atom. The molecule has 1 N–H and O–H groups in total. The van der Waals surface area contributed by atoms with E-state index in [1.807, 2.05) is 0 Å². The minimum absolute atomic E-state index is 0.160. The van der Waals surface area contributed by atoms with Gasteiger partial charge in [-0.25, -0.2) is 8.78 Å². The van der Waals surface area contributed by atoms with Gasteiger partial charge in [-0.05, 0) is 24.6 Å². The lowest BCUT2D eigenvalue weighted by Crippen LogP contribution is -2.04. The monoisotopic (exact) mass is 201 g/mol. The van der Waals surface area contributed by atoms with Crippen molar-refractivity contribution in [3.63, 3.8) is 0 Å². The van der Waals surface area contributed by atoms with Crippen LogP contribution in [0.5, 0.6) is 0 Å². The van der Waals surface area contributed by atoms with Crippen molar-refractivity contribution in [2.24, 2.45) is 0 Å². The lowest BCUT2D eigenvalue weighted by Gasteiger charge is -2.03. The second kappa shape index (κ2) is 4.13. The Labute approximate surface area is 79.4 Å². The predicted molar refractivity (Wildman–Crippen MR) is 45.3 cm³/mol. The third kappa shape index (κ3) is 2.76. The lowest BCUT2D eigenvalue weighted by molar-refractivity contribution is -0.136. The number of aromatic nitrogens is 1. The molecule has 1 rings (SSSR count). The summed E-state index contributed by atoms with van der Waals surface area (Å²) in [5.41, 5.74) is 0.376. The predicted octanol–water partition coefficient (Wildman–Crippen LogP) is 1.95. The number of hydrogen-bond donors (Lipinski definition) is 1. The molecule has 0 aliphatic carbocycles. The van der Waals surface area contributed by atoms with Gasteiger partial charge in [-0.3, -0.25) is 9.78 Å². The van der Waals surface area contributed by atoms with E-state index in [2.05, 4.69) is 4.98 Å². The summed E-state index contributed by atoms with van der Waals surface area (Å²) in [6.45, 7) is 1.62. The molecule has 0 unspecified atom stereocenters. The van der Waals surface area contributed by atoms with Gasteiger partial charge in [-0.2, -0.15) is 0 Å². The maximum Gasteiger partial charge on any atom is 0.309 e. The van der Waals surface area contributed by atoms with Crippen LogP contribution in [-0.2, 0) is 11.2 Å². The molecular formula is C9H9F2NO2. The molecule has 0 spiro atoms. The van der Waals surface area contributed by atoms with Crippen LogP contribution in [0.2, 0.25) is 0 Å². The van der Waals surface area contributed by atoms with Gasteiger partial charge in [0.15, 0.2) is 0 Å².